The minimum atomic E-state index is -0.951. The van der Waals surface area contributed by atoms with Crippen LogP contribution in [0.15, 0.2) is 59.8 Å². The quantitative estimate of drug-likeness (QED) is 0.0910. The van der Waals surface area contributed by atoms with Gasteiger partial charge in [-0.1, -0.05) is 102 Å². The number of aromatic nitrogens is 1. The maximum absolute atomic E-state index is 14.6. The molecule has 0 unspecified atom stereocenters. The molecule has 1 aliphatic rings. The molecule has 364 valence electrons. The summed E-state index contributed by atoms with van der Waals surface area (Å²) in [5, 5.41) is 17.6. The molecule has 11 atom stereocenters. The molecular formula is C48H76N6O9S2. The maximum atomic E-state index is 14.6. The summed E-state index contributed by atoms with van der Waals surface area (Å²) in [7, 11) is 9.30. The maximum Gasteiger partial charge on any atom is 0.410 e. The number of nitrogens with one attached hydrogen (secondary N) is 2. The Morgan fingerprint density at radius 3 is 2.11 bits per heavy atom. The van der Waals surface area contributed by atoms with Gasteiger partial charge < -0.3 is 39.8 Å². The molecule has 2 aromatic rings. The minimum absolute atomic E-state index is 0.0308. The SMILES string of the molecule is CC[C@H](C)[C@@H]([C@@H](CC(=O)N1CCC[C@@H]1[C@H](OC)[C@@H](C)C(=O)N[C@H](C)[C@@H](O)c1ccccc1)OC)N(C)C(=O)[C@@H](NC(=O)[C@H](C(C)C)N(C)C(=O)OC[C@H](C)SSc1ccccn1)C(C)C. The number of likely N-dealkylation sites (N-methyl/N-ethyl adjacent to an activating group) is 2. The van der Waals surface area contributed by atoms with Gasteiger partial charge in [-0.15, -0.1) is 0 Å². The number of methoxy groups -OCH3 is 2. The Labute approximate surface area is 395 Å². The Morgan fingerprint density at radius 1 is 0.877 bits per heavy atom. The number of aliphatic hydroxyl groups excluding tert-OH is 1. The van der Waals surface area contributed by atoms with Crippen LogP contribution in [0.4, 0.5) is 4.79 Å². The monoisotopic (exact) mass is 945 g/mol. The van der Waals surface area contributed by atoms with Gasteiger partial charge in [0, 0.05) is 46.3 Å². The number of rotatable bonds is 25. The van der Waals surface area contributed by atoms with E-state index in [0.717, 1.165) is 11.4 Å². The summed E-state index contributed by atoms with van der Waals surface area (Å²) in [6.45, 7) is 17.5. The Bertz CT molecular complexity index is 1800. The topological polar surface area (TPSA) is 180 Å². The van der Waals surface area contributed by atoms with E-state index in [9.17, 15) is 29.1 Å². The van der Waals surface area contributed by atoms with E-state index in [-0.39, 0.29) is 59.8 Å². The van der Waals surface area contributed by atoms with Gasteiger partial charge in [-0.2, -0.15) is 0 Å². The fourth-order valence-corrected chi connectivity index (χ4v) is 10.4. The Hall–Kier alpha value is -3.90. The van der Waals surface area contributed by atoms with Crippen LogP contribution in [0.2, 0.25) is 0 Å². The molecule has 5 amide bonds. The summed E-state index contributed by atoms with van der Waals surface area (Å²) >= 11 is 0. The van der Waals surface area contributed by atoms with Gasteiger partial charge in [0.2, 0.25) is 23.6 Å². The van der Waals surface area contributed by atoms with E-state index in [4.69, 9.17) is 14.2 Å². The highest BCUT2D eigenvalue weighted by Gasteiger charge is 2.43. The number of nitrogens with zero attached hydrogens (tertiary/aromatic N) is 4. The minimum Gasteiger partial charge on any atom is -0.448 e. The first-order valence-corrected chi connectivity index (χ1v) is 25.1. The average Bonchev–Trinajstić information content (AvgIpc) is 3.78. The summed E-state index contributed by atoms with van der Waals surface area (Å²) in [6.07, 6.45) is 0.862. The molecule has 0 bridgehead atoms. The molecule has 3 rings (SSSR count). The normalized spacial score (nSPS) is 18.6. The molecular weight excluding hydrogens is 869 g/mol. The smallest absolute Gasteiger partial charge is 0.410 e. The van der Waals surface area contributed by atoms with E-state index in [1.165, 1.54) is 40.6 Å². The number of ether oxygens (including phenoxy) is 3. The highest BCUT2D eigenvalue weighted by atomic mass is 33.1. The largest absolute Gasteiger partial charge is 0.448 e. The molecule has 65 heavy (non-hydrogen) atoms. The van der Waals surface area contributed by atoms with Gasteiger partial charge in [0.25, 0.3) is 0 Å². The molecule has 17 heteroatoms. The van der Waals surface area contributed by atoms with Gasteiger partial charge in [0.05, 0.1) is 48.8 Å². The number of hydrogen-bond donors (Lipinski definition) is 3. The second kappa shape index (κ2) is 27.0. The lowest BCUT2D eigenvalue weighted by Crippen LogP contribution is -2.60. The summed E-state index contributed by atoms with van der Waals surface area (Å²) in [4.78, 5) is 78.8. The zero-order valence-corrected chi connectivity index (χ0v) is 42.4. The fourth-order valence-electron chi connectivity index (χ4n) is 8.54. The first-order chi connectivity index (χ1) is 30.8. The Balaban J connectivity index is 1.72. The summed E-state index contributed by atoms with van der Waals surface area (Å²) in [5.41, 5.74) is 0.694. The second-order valence-corrected chi connectivity index (χ2v) is 20.7. The molecule has 3 N–H and O–H groups in total. The number of amides is 5. The van der Waals surface area contributed by atoms with Gasteiger partial charge in [-0.25, -0.2) is 9.78 Å². The zero-order valence-electron chi connectivity index (χ0n) is 40.8. The van der Waals surface area contributed by atoms with E-state index < -0.39 is 60.4 Å². The van der Waals surface area contributed by atoms with Crippen molar-refractivity contribution < 1.29 is 43.3 Å². The number of carbonyl (C=O) groups is 5. The van der Waals surface area contributed by atoms with Crippen LogP contribution in [-0.2, 0) is 33.4 Å². The number of carbonyl (C=O) groups excluding carboxylic acids is 5. The summed E-state index contributed by atoms with van der Waals surface area (Å²) in [6, 6.07) is 11.4. The van der Waals surface area contributed by atoms with Crippen LogP contribution in [0.3, 0.4) is 0 Å². The molecule has 1 aromatic heterocycles. The standard InChI is InChI=1S/C48H76N6O9S2/c1-14-31(6)42(37(61-12)27-39(55)54-26-20-23-36(54)44(62-13)33(8)45(57)50-34(9)43(56)35-21-16-15-17-22-35)52(10)47(59)40(29(2)3)51-46(58)41(30(4)5)53(11)48(60)63-28-32(7)64-65-38-24-18-19-25-49-38/h15-19,21-22,24-25,29-34,36-37,40-44,56H,14,20,23,26-28H2,1-13H3,(H,50,57)(H,51,58)/t31-,32-,33+,34+,36+,37+,40-,41-,42-,43+,44+/m0/s1. The molecule has 0 radical (unpaired) electrons. The van der Waals surface area contributed by atoms with Crippen molar-refractivity contribution in [1.29, 1.82) is 0 Å². The lowest BCUT2D eigenvalue weighted by atomic mass is 9.89. The Morgan fingerprint density at radius 2 is 1.54 bits per heavy atom. The zero-order chi connectivity index (χ0) is 48.5. The second-order valence-electron chi connectivity index (χ2n) is 18.0. The third-order valence-corrected chi connectivity index (χ3v) is 15.2. The van der Waals surface area contributed by atoms with Crippen molar-refractivity contribution in [3.63, 3.8) is 0 Å². The summed E-state index contributed by atoms with van der Waals surface area (Å²) in [5.74, 6) is -2.68. The van der Waals surface area contributed by atoms with Gasteiger partial charge in [0.15, 0.2) is 0 Å². The molecule has 0 aliphatic carbocycles. The average molecular weight is 945 g/mol. The molecule has 1 aliphatic heterocycles. The van der Waals surface area contributed by atoms with E-state index in [1.54, 1.807) is 44.0 Å². The van der Waals surface area contributed by atoms with Crippen LogP contribution in [-0.4, -0.2) is 144 Å². The fraction of sp³-hybridized carbons (Fsp3) is 0.667. The van der Waals surface area contributed by atoms with Crippen molar-refractivity contribution in [1.82, 2.24) is 30.3 Å². The summed E-state index contributed by atoms with van der Waals surface area (Å²) < 4.78 is 17.6. The van der Waals surface area contributed by atoms with Crippen LogP contribution < -0.4 is 10.6 Å². The first-order valence-electron chi connectivity index (χ1n) is 22.9. The highest BCUT2D eigenvalue weighted by Crippen LogP contribution is 2.33. The van der Waals surface area contributed by atoms with E-state index in [2.05, 4.69) is 15.6 Å². The van der Waals surface area contributed by atoms with Crippen molar-refractivity contribution >= 4 is 51.3 Å². The Kier molecular flexibility index (Phi) is 23.1. The number of pyridine rings is 1. The molecule has 1 aromatic carbocycles. The van der Waals surface area contributed by atoms with Crippen LogP contribution in [0.5, 0.6) is 0 Å². The van der Waals surface area contributed by atoms with Crippen molar-refractivity contribution in [2.75, 3.05) is 41.5 Å². The molecule has 0 saturated carbocycles. The van der Waals surface area contributed by atoms with Gasteiger partial charge in [-0.3, -0.25) is 24.1 Å². The lowest BCUT2D eigenvalue weighted by Gasteiger charge is -2.41. The predicted molar refractivity (Wildman–Crippen MR) is 257 cm³/mol. The van der Waals surface area contributed by atoms with Crippen molar-refractivity contribution in [2.24, 2.45) is 23.7 Å². The predicted octanol–water partition coefficient (Wildman–Crippen LogP) is 6.60. The molecule has 0 spiro atoms. The lowest BCUT2D eigenvalue weighted by molar-refractivity contribution is -0.148. The molecule has 1 saturated heterocycles. The van der Waals surface area contributed by atoms with E-state index in [0.29, 0.717) is 24.9 Å². The third kappa shape index (κ3) is 15.6. The molecule has 15 nitrogen and oxygen atoms in total. The van der Waals surface area contributed by atoms with E-state index >= 15 is 0 Å². The molecule has 1 fully saturated rings. The first kappa shape index (κ1) is 55.4. The number of likely N-dealkylation sites (tertiary alicyclic amines) is 1. The van der Waals surface area contributed by atoms with Gasteiger partial charge >= 0.3 is 6.09 Å². The van der Waals surface area contributed by atoms with Crippen LogP contribution in [0.1, 0.15) is 99.7 Å². The highest BCUT2D eigenvalue weighted by molar-refractivity contribution is 8.76. The van der Waals surface area contributed by atoms with Crippen molar-refractivity contribution in [2.45, 2.75) is 147 Å². The van der Waals surface area contributed by atoms with Gasteiger partial charge in [-0.05, 0) is 72.9 Å². The van der Waals surface area contributed by atoms with Gasteiger partial charge in [0.1, 0.15) is 23.7 Å². The van der Waals surface area contributed by atoms with Crippen molar-refractivity contribution in [3.8, 4) is 0 Å². The number of benzene rings is 1. The number of hydrogen-bond acceptors (Lipinski definition) is 12. The third-order valence-electron chi connectivity index (χ3n) is 12.5. The van der Waals surface area contributed by atoms with Crippen LogP contribution in [0, 0.1) is 23.7 Å². The number of aliphatic hydroxyl groups is 1. The van der Waals surface area contributed by atoms with Crippen molar-refractivity contribution in [3.05, 3.63) is 60.3 Å². The van der Waals surface area contributed by atoms with Crippen LogP contribution in [0.25, 0.3) is 0 Å². The van der Waals surface area contributed by atoms with Crippen LogP contribution >= 0.6 is 21.6 Å². The van der Waals surface area contributed by atoms with E-state index in [1.807, 2.05) is 97.0 Å². The molecule has 2 heterocycles.